The van der Waals surface area contributed by atoms with Gasteiger partial charge in [0.15, 0.2) is 11.6 Å². The Balaban J connectivity index is 2.10. The summed E-state index contributed by atoms with van der Waals surface area (Å²) in [6, 6.07) is 2.89. The molecule has 3 aromatic rings. The molecule has 102 valence electrons. The highest BCUT2D eigenvalue weighted by molar-refractivity contribution is 7.99. The summed E-state index contributed by atoms with van der Waals surface area (Å²) < 4.78 is 23.9. The standard InChI is InChI=1S/C13H10FN3O2S/c1-7-5-19-13(17-7)20-12-8-3-11(18-2)9(14)4-10(8)15-6-16-12/h3-6H,1-2H3. The number of hydrogen-bond donors (Lipinski definition) is 0. The van der Waals surface area contributed by atoms with Crippen molar-refractivity contribution in [1.82, 2.24) is 15.0 Å². The van der Waals surface area contributed by atoms with Gasteiger partial charge in [0.1, 0.15) is 17.6 Å². The molecule has 0 N–H and O–H groups in total. The van der Waals surface area contributed by atoms with Gasteiger partial charge in [-0.15, -0.1) is 0 Å². The third-order valence-corrected chi connectivity index (χ3v) is 3.54. The highest BCUT2D eigenvalue weighted by Crippen LogP contribution is 2.33. The zero-order valence-corrected chi connectivity index (χ0v) is 11.6. The van der Waals surface area contributed by atoms with E-state index in [-0.39, 0.29) is 5.75 Å². The van der Waals surface area contributed by atoms with Crippen molar-refractivity contribution in [3.05, 3.63) is 36.2 Å². The fourth-order valence-corrected chi connectivity index (χ4v) is 2.56. The van der Waals surface area contributed by atoms with Crippen molar-refractivity contribution in [3.8, 4) is 5.75 Å². The second kappa shape index (κ2) is 5.09. The van der Waals surface area contributed by atoms with Crippen LogP contribution in [-0.2, 0) is 0 Å². The van der Waals surface area contributed by atoms with E-state index in [2.05, 4.69) is 15.0 Å². The number of halogens is 1. The Bertz CT molecular complexity index is 775. The van der Waals surface area contributed by atoms with Crippen LogP contribution in [0.1, 0.15) is 5.69 Å². The number of aryl methyl sites for hydroxylation is 1. The summed E-state index contributed by atoms with van der Waals surface area (Å²) in [7, 11) is 1.41. The average molecular weight is 291 g/mol. The molecule has 3 rings (SSSR count). The van der Waals surface area contributed by atoms with Crippen LogP contribution in [0.15, 0.2) is 39.4 Å². The smallest absolute Gasteiger partial charge is 0.262 e. The van der Waals surface area contributed by atoms with E-state index in [4.69, 9.17) is 9.15 Å². The minimum absolute atomic E-state index is 0.151. The van der Waals surface area contributed by atoms with E-state index in [9.17, 15) is 4.39 Å². The van der Waals surface area contributed by atoms with Crippen LogP contribution in [0.2, 0.25) is 0 Å². The van der Waals surface area contributed by atoms with Gasteiger partial charge in [0.05, 0.1) is 18.3 Å². The highest BCUT2D eigenvalue weighted by atomic mass is 32.2. The first-order chi connectivity index (χ1) is 9.67. The molecule has 5 nitrogen and oxygen atoms in total. The Kier molecular flexibility index (Phi) is 3.27. The molecule has 0 fully saturated rings. The van der Waals surface area contributed by atoms with Gasteiger partial charge < -0.3 is 9.15 Å². The molecule has 0 atom stereocenters. The monoisotopic (exact) mass is 291 g/mol. The van der Waals surface area contributed by atoms with Crippen LogP contribution in [0.3, 0.4) is 0 Å². The molecule has 0 saturated carbocycles. The van der Waals surface area contributed by atoms with Gasteiger partial charge in [-0.1, -0.05) is 0 Å². The summed E-state index contributed by atoms with van der Waals surface area (Å²) in [5.74, 6) is -0.306. The molecule has 0 aliphatic carbocycles. The number of nitrogens with zero attached hydrogens (tertiary/aromatic N) is 3. The van der Waals surface area contributed by atoms with Crippen LogP contribution in [0, 0.1) is 12.7 Å². The number of aromatic nitrogens is 3. The van der Waals surface area contributed by atoms with Crippen molar-refractivity contribution in [2.24, 2.45) is 0 Å². The number of ether oxygens (including phenoxy) is 1. The fourth-order valence-electron chi connectivity index (χ4n) is 1.73. The molecule has 2 heterocycles. The predicted octanol–water partition coefficient (Wildman–Crippen LogP) is 3.23. The van der Waals surface area contributed by atoms with E-state index in [1.165, 1.54) is 31.3 Å². The molecular formula is C13H10FN3O2S. The number of benzene rings is 1. The van der Waals surface area contributed by atoms with Crippen LogP contribution in [0.4, 0.5) is 4.39 Å². The second-order valence-electron chi connectivity index (χ2n) is 4.04. The fraction of sp³-hybridized carbons (Fsp3) is 0.154. The lowest BCUT2D eigenvalue weighted by atomic mass is 10.2. The van der Waals surface area contributed by atoms with E-state index >= 15 is 0 Å². The van der Waals surface area contributed by atoms with Crippen LogP contribution < -0.4 is 4.74 Å². The van der Waals surface area contributed by atoms with Crippen molar-refractivity contribution in [1.29, 1.82) is 0 Å². The Morgan fingerprint density at radius 1 is 1.30 bits per heavy atom. The summed E-state index contributed by atoms with van der Waals surface area (Å²) >= 11 is 1.26. The molecule has 0 aliphatic rings. The van der Waals surface area contributed by atoms with Gasteiger partial charge in [0.2, 0.25) is 0 Å². The second-order valence-corrected chi connectivity index (χ2v) is 4.98. The van der Waals surface area contributed by atoms with E-state index in [0.29, 0.717) is 21.2 Å². The minimum Gasteiger partial charge on any atom is -0.494 e. The molecule has 7 heteroatoms. The Morgan fingerprint density at radius 3 is 2.85 bits per heavy atom. The lowest BCUT2D eigenvalue weighted by molar-refractivity contribution is 0.387. The molecule has 0 radical (unpaired) electrons. The van der Waals surface area contributed by atoms with Crippen LogP contribution >= 0.6 is 11.8 Å². The Morgan fingerprint density at radius 2 is 2.15 bits per heavy atom. The van der Waals surface area contributed by atoms with Gasteiger partial charge in [-0.25, -0.2) is 19.3 Å². The van der Waals surface area contributed by atoms with Crippen molar-refractivity contribution in [2.75, 3.05) is 7.11 Å². The first kappa shape index (κ1) is 12.9. The third kappa shape index (κ3) is 2.32. The summed E-state index contributed by atoms with van der Waals surface area (Å²) in [6.07, 6.45) is 2.94. The Hall–Kier alpha value is -2.15. The van der Waals surface area contributed by atoms with Gasteiger partial charge in [0.25, 0.3) is 5.22 Å². The predicted molar refractivity (Wildman–Crippen MR) is 71.4 cm³/mol. The maximum atomic E-state index is 13.7. The first-order valence-corrected chi connectivity index (χ1v) is 6.57. The number of oxazole rings is 1. The Labute approximate surface area is 118 Å². The topological polar surface area (TPSA) is 61.0 Å². The SMILES string of the molecule is COc1cc2c(Sc3nc(C)co3)ncnc2cc1F. The molecule has 0 saturated heterocycles. The average Bonchev–Trinajstić information content (AvgIpc) is 2.84. The minimum atomic E-state index is -0.457. The molecule has 0 bridgehead atoms. The molecule has 0 spiro atoms. The number of hydrogen-bond acceptors (Lipinski definition) is 6. The normalized spacial score (nSPS) is 10.9. The van der Waals surface area contributed by atoms with E-state index in [1.54, 1.807) is 12.3 Å². The zero-order chi connectivity index (χ0) is 14.1. The summed E-state index contributed by atoms with van der Waals surface area (Å²) in [5.41, 5.74) is 1.29. The molecule has 0 aliphatic heterocycles. The zero-order valence-electron chi connectivity index (χ0n) is 10.8. The number of fused-ring (bicyclic) bond motifs is 1. The van der Waals surface area contributed by atoms with Crippen LogP contribution in [0.25, 0.3) is 10.9 Å². The van der Waals surface area contributed by atoms with E-state index in [1.807, 2.05) is 6.92 Å². The van der Waals surface area contributed by atoms with Gasteiger partial charge in [-0.3, -0.25) is 0 Å². The van der Waals surface area contributed by atoms with Crippen molar-refractivity contribution in [2.45, 2.75) is 17.2 Å². The van der Waals surface area contributed by atoms with Crippen molar-refractivity contribution in [3.63, 3.8) is 0 Å². The maximum absolute atomic E-state index is 13.7. The highest BCUT2D eigenvalue weighted by Gasteiger charge is 2.13. The molecular weight excluding hydrogens is 281 g/mol. The van der Waals surface area contributed by atoms with Crippen molar-refractivity contribution >= 4 is 22.7 Å². The molecule has 0 unspecified atom stereocenters. The third-order valence-electron chi connectivity index (χ3n) is 2.65. The molecule has 0 amide bonds. The van der Waals surface area contributed by atoms with Crippen molar-refractivity contribution < 1.29 is 13.5 Å². The van der Waals surface area contributed by atoms with E-state index < -0.39 is 5.82 Å². The number of methoxy groups -OCH3 is 1. The first-order valence-electron chi connectivity index (χ1n) is 5.75. The van der Waals surface area contributed by atoms with Gasteiger partial charge in [0, 0.05) is 11.5 Å². The summed E-state index contributed by atoms with van der Waals surface area (Å²) in [4.78, 5) is 12.4. The quantitative estimate of drug-likeness (QED) is 0.690. The van der Waals surface area contributed by atoms with Crippen LogP contribution in [0.5, 0.6) is 5.75 Å². The lowest BCUT2D eigenvalue weighted by Gasteiger charge is -2.06. The van der Waals surface area contributed by atoms with Crippen LogP contribution in [-0.4, -0.2) is 22.1 Å². The van der Waals surface area contributed by atoms with Gasteiger partial charge in [-0.05, 0) is 24.8 Å². The summed E-state index contributed by atoms with van der Waals surface area (Å²) in [6.45, 7) is 1.84. The van der Waals surface area contributed by atoms with Gasteiger partial charge in [-0.2, -0.15) is 0 Å². The largest absolute Gasteiger partial charge is 0.494 e. The molecule has 2 aromatic heterocycles. The molecule has 20 heavy (non-hydrogen) atoms. The molecule has 1 aromatic carbocycles. The lowest BCUT2D eigenvalue weighted by Crippen LogP contribution is -1.92. The maximum Gasteiger partial charge on any atom is 0.262 e. The summed E-state index contributed by atoms with van der Waals surface area (Å²) in [5, 5.41) is 1.80. The number of rotatable bonds is 3. The van der Waals surface area contributed by atoms with E-state index in [0.717, 1.165) is 5.69 Å². The van der Waals surface area contributed by atoms with Gasteiger partial charge >= 0.3 is 0 Å².